The van der Waals surface area contributed by atoms with Crippen LogP contribution in [0.3, 0.4) is 0 Å². The molecular formula is C26H24IrNO3-. The molecule has 4 nitrogen and oxygen atoms in total. The molecule has 5 heteroatoms. The SMILES string of the molecule is CC(=O)/C=C(/C)O.Cc1[c-]c(-c2ccc3oc(-c4ccccc4)cc3n2)cc(C)c1.[Ir]. The first-order valence-electron chi connectivity index (χ1n) is 9.66. The van der Waals surface area contributed by atoms with E-state index in [4.69, 9.17) is 14.5 Å². The first-order valence-corrected chi connectivity index (χ1v) is 9.66. The second-order valence-electron chi connectivity index (χ2n) is 7.21. The number of furan rings is 1. The van der Waals surface area contributed by atoms with E-state index in [1.807, 2.05) is 48.5 Å². The molecule has 0 saturated carbocycles. The summed E-state index contributed by atoms with van der Waals surface area (Å²) in [5.74, 6) is 0.780. The summed E-state index contributed by atoms with van der Waals surface area (Å²) in [6.45, 7) is 7.00. The average Bonchev–Trinajstić information content (AvgIpc) is 3.11. The molecule has 0 saturated heterocycles. The van der Waals surface area contributed by atoms with Crippen molar-refractivity contribution in [1.82, 2.24) is 4.98 Å². The van der Waals surface area contributed by atoms with E-state index in [1.54, 1.807) is 0 Å². The maximum absolute atomic E-state index is 10.0. The third kappa shape index (κ3) is 6.74. The minimum absolute atomic E-state index is 0. The van der Waals surface area contributed by atoms with Crippen molar-refractivity contribution in [1.29, 1.82) is 0 Å². The van der Waals surface area contributed by atoms with E-state index >= 15 is 0 Å². The molecule has 161 valence electrons. The van der Waals surface area contributed by atoms with Crippen LogP contribution in [-0.2, 0) is 24.9 Å². The second kappa shape index (κ2) is 10.9. The fourth-order valence-electron chi connectivity index (χ4n) is 3.15. The van der Waals surface area contributed by atoms with Crippen molar-refractivity contribution >= 4 is 16.9 Å². The van der Waals surface area contributed by atoms with Crippen LogP contribution in [0.2, 0.25) is 0 Å². The van der Waals surface area contributed by atoms with Gasteiger partial charge in [0.1, 0.15) is 5.76 Å². The smallest absolute Gasteiger partial charge is 0.155 e. The zero-order valence-electron chi connectivity index (χ0n) is 17.9. The fraction of sp³-hybridized carbons (Fsp3) is 0.154. The predicted octanol–water partition coefficient (Wildman–Crippen LogP) is 6.61. The molecule has 0 aliphatic heterocycles. The minimum atomic E-state index is -0.125. The van der Waals surface area contributed by atoms with Crippen molar-refractivity contribution in [2.45, 2.75) is 27.7 Å². The second-order valence-corrected chi connectivity index (χ2v) is 7.21. The molecule has 2 aromatic heterocycles. The first-order chi connectivity index (χ1) is 14.3. The van der Waals surface area contributed by atoms with Gasteiger partial charge in [-0.25, -0.2) is 0 Å². The van der Waals surface area contributed by atoms with Gasteiger partial charge >= 0.3 is 0 Å². The van der Waals surface area contributed by atoms with Gasteiger partial charge in [-0.3, -0.25) is 9.78 Å². The van der Waals surface area contributed by atoms with E-state index in [-0.39, 0.29) is 31.6 Å². The van der Waals surface area contributed by atoms with E-state index in [0.717, 1.165) is 39.2 Å². The average molecular weight is 591 g/mol. The molecule has 0 fully saturated rings. The van der Waals surface area contributed by atoms with Crippen molar-refractivity contribution in [3.63, 3.8) is 0 Å². The maximum Gasteiger partial charge on any atom is 0.155 e. The van der Waals surface area contributed by atoms with Crippen LogP contribution in [0, 0.1) is 19.9 Å². The quantitative estimate of drug-likeness (QED) is 0.166. The van der Waals surface area contributed by atoms with Crippen molar-refractivity contribution in [2.24, 2.45) is 0 Å². The van der Waals surface area contributed by atoms with Gasteiger partial charge in [0.2, 0.25) is 0 Å². The van der Waals surface area contributed by atoms with E-state index in [1.165, 1.54) is 25.5 Å². The zero-order chi connectivity index (χ0) is 21.7. The van der Waals surface area contributed by atoms with Gasteiger partial charge in [0.25, 0.3) is 0 Å². The Hall–Kier alpha value is -3.01. The van der Waals surface area contributed by atoms with Gasteiger partial charge < -0.3 is 9.52 Å². The number of carbonyl (C=O) groups is 1. The number of hydrogen-bond donors (Lipinski definition) is 1. The van der Waals surface area contributed by atoms with E-state index in [9.17, 15) is 4.79 Å². The molecule has 2 heterocycles. The molecular weight excluding hydrogens is 567 g/mol. The summed E-state index contributed by atoms with van der Waals surface area (Å²) in [6.07, 6.45) is 1.17. The fourth-order valence-corrected chi connectivity index (χ4v) is 3.15. The first kappa shape index (κ1) is 24.3. The summed E-state index contributed by atoms with van der Waals surface area (Å²) < 4.78 is 5.92. The third-order valence-corrected chi connectivity index (χ3v) is 4.27. The van der Waals surface area contributed by atoms with E-state index in [0.29, 0.717) is 0 Å². The van der Waals surface area contributed by atoms with Gasteiger partial charge in [0.15, 0.2) is 11.4 Å². The number of nitrogens with zero attached hydrogens (tertiary/aromatic N) is 1. The number of fused-ring (bicyclic) bond motifs is 1. The van der Waals surface area contributed by atoms with Crippen LogP contribution >= 0.6 is 0 Å². The molecule has 4 aromatic rings. The minimum Gasteiger partial charge on any atom is -0.512 e. The van der Waals surface area contributed by atoms with Crippen LogP contribution in [-0.4, -0.2) is 15.9 Å². The summed E-state index contributed by atoms with van der Waals surface area (Å²) in [5, 5.41) is 8.36. The molecule has 0 aliphatic carbocycles. The Morgan fingerprint density at radius 2 is 1.74 bits per heavy atom. The molecule has 0 atom stereocenters. The van der Waals surface area contributed by atoms with Gasteiger partial charge in [0, 0.05) is 37.8 Å². The summed E-state index contributed by atoms with van der Waals surface area (Å²) in [7, 11) is 0. The number of rotatable bonds is 3. The molecule has 1 N–H and O–H groups in total. The molecule has 0 amide bonds. The van der Waals surface area contributed by atoms with Crippen LogP contribution in [0.15, 0.2) is 76.9 Å². The van der Waals surface area contributed by atoms with Gasteiger partial charge in [0.05, 0.1) is 11.3 Å². The molecule has 31 heavy (non-hydrogen) atoms. The van der Waals surface area contributed by atoms with E-state index in [2.05, 4.69) is 32.0 Å². The van der Waals surface area contributed by atoms with Crippen LogP contribution in [0.5, 0.6) is 0 Å². The van der Waals surface area contributed by atoms with Gasteiger partial charge in [-0.15, -0.1) is 34.9 Å². The molecule has 4 rings (SSSR count). The summed E-state index contributed by atoms with van der Waals surface area (Å²) in [4.78, 5) is 14.8. The summed E-state index contributed by atoms with van der Waals surface area (Å²) in [5.41, 5.74) is 7.02. The topological polar surface area (TPSA) is 63.3 Å². The largest absolute Gasteiger partial charge is 0.512 e. The number of benzene rings is 2. The number of allylic oxidation sites excluding steroid dienone is 2. The Labute approximate surface area is 196 Å². The molecule has 2 aromatic carbocycles. The van der Waals surface area contributed by atoms with Gasteiger partial charge in [-0.2, -0.15) is 0 Å². The molecule has 0 bridgehead atoms. The Bertz CT molecular complexity index is 1190. The molecule has 0 aliphatic rings. The normalized spacial score (nSPS) is 10.8. The standard InChI is InChI=1S/C21H16NO.C5H8O2.Ir/c1-14-10-15(2)12-17(11-14)18-8-9-20-19(22-18)13-21(23-20)16-6-4-3-5-7-16;1-4(6)3-5(2)7;/h3-11,13H,1-2H3;3,6H,1-2H3;/q-1;;/b;4-3-;. The number of carbonyl (C=O) groups excluding carboxylic acids is 1. The number of aliphatic hydroxyl groups excluding tert-OH is 1. The van der Waals surface area contributed by atoms with Crippen LogP contribution in [0.4, 0.5) is 0 Å². The Morgan fingerprint density at radius 1 is 1.03 bits per heavy atom. The number of pyridine rings is 1. The van der Waals surface area contributed by atoms with Crippen LogP contribution < -0.4 is 0 Å². The van der Waals surface area contributed by atoms with Crippen molar-refractivity contribution in [3.05, 3.63) is 89.7 Å². The Morgan fingerprint density at radius 3 is 2.32 bits per heavy atom. The van der Waals surface area contributed by atoms with Gasteiger partial charge in [-0.05, 0) is 25.6 Å². The number of aryl methyl sites for hydroxylation is 2. The number of hydrogen-bond acceptors (Lipinski definition) is 4. The number of ketones is 1. The maximum atomic E-state index is 10.0. The van der Waals surface area contributed by atoms with Crippen molar-refractivity contribution < 1.29 is 34.4 Å². The number of aromatic nitrogens is 1. The van der Waals surface area contributed by atoms with Crippen molar-refractivity contribution in [2.75, 3.05) is 0 Å². The monoisotopic (exact) mass is 591 g/mol. The number of aliphatic hydroxyl groups is 1. The van der Waals surface area contributed by atoms with E-state index < -0.39 is 0 Å². The van der Waals surface area contributed by atoms with Crippen LogP contribution in [0.25, 0.3) is 33.7 Å². The molecule has 0 spiro atoms. The summed E-state index contributed by atoms with van der Waals surface area (Å²) in [6, 6.07) is 23.7. The Kier molecular flexibility index (Phi) is 8.49. The molecule has 1 radical (unpaired) electrons. The third-order valence-electron chi connectivity index (χ3n) is 4.27. The molecule has 0 unspecified atom stereocenters. The predicted molar refractivity (Wildman–Crippen MR) is 120 cm³/mol. The summed E-state index contributed by atoms with van der Waals surface area (Å²) >= 11 is 0. The Balaban J connectivity index is 0.000000373. The van der Waals surface area contributed by atoms with Gasteiger partial charge in [-0.1, -0.05) is 50.2 Å². The van der Waals surface area contributed by atoms with Crippen LogP contribution in [0.1, 0.15) is 25.0 Å². The van der Waals surface area contributed by atoms with Crippen molar-refractivity contribution in [3.8, 4) is 22.6 Å². The zero-order valence-corrected chi connectivity index (χ0v) is 20.3.